The number of ether oxygens (including phenoxy) is 1. The summed E-state index contributed by atoms with van der Waals surface area (Å²) in [5.41, 5.74) is 3.00. The predicted molar refractivity (Wildman–Crippen MR) is 71.2 cm³/mol. The van der Waals surface area contributed by atoms with Crippen LogP contribution in [0.15, 0.2) is 24.3 Å². The quantitative estimate of drug-likeness (QED) is 0.792. The Hall–Kier alpha value is -0.860. The highest BCUT2D eigenvalue weighted by Crippen LogP contribution is 2.23. The second-order valence-electron chi connectivity index (χ2n) is 4.90. The molecule has 0 aromatic heterocycles. The van der Waals surface area contributed by atoms with Crippen LogP contribution in [0.5, 0.6) is 0 Å². The maximum atomic E-state index is 5.39. The highest BCUT2D eigenvalue weighted by atomic mass is 16.5. The number of nitrogens with zero attached hydrogens (tertiary/aromatic N) is 1. The van der Waals surface area contributed by atoms with Crippen molar-refractivity contribution in [2.75, 3.05) is 26.3 Å². The zero-order valence-electron chi connectivity index (χ0n) is 11.0. The van der Waals surface area contributed by atoms with Crippen LogP contribution >= 0.6 is 0 Å². The molecule has 2 rings (SSSR count). The molecule has 2 nitrogen and oxygen atoms in total. The van der Waals surface area contributed by atoms with Crippen molar-refractivity contribution in [3.05, 3.63) is 35.4 Å². The highest BCUT2D eigenvalue weighted by Gasteiger charge is 2.14. The third kappa shape index (κ3) is 3.30. The highest BCUT2D eigenvalue weighted by molar-refractivity contribution is 5.30. The van der Waals surface area contributed by atoms with Crippen LogP contribution in [-0.4, -0.2) is 31.2 Å². The van der Waals surface area contributed by atoms with Gasteiger partial charge in [0.25, 0.3) is 0 Å². The third-order valence-corrected chi connectivity index (χ3v) is 3.70. The minimum absolute atomic E-state index is 0.659. The number of hydrogen-bond acceptors (Lipinski definition) is 2. The molecule has 0 aliphatic carbocycles. The van der Waals surface area contributed by atoms with Gasteiger partial charge in [0, 0.05) is 19.6 Å². The second kappa shape index (κ2) is 6.18. The van der Waals surface area contributed by atoms with Crippen molar-refractivity contribution in [3.63, 3.8) is 0 Å². The van der Waals surface area contributed by atoms with E-state index in [1.165, 1.54) is 17.5 Å². The van der Waals surface area contributed by atoms with Crippen LogP contribution in [-0.2, 0) is 11.3 Å². The van der Waals surface area contributed by atoms with Crippen LogP contribution in [0.1, 0.15) is 37.3 Å². The van der Waals surface area contributed by atoms with Gasteiger partial charge in [-0.3, -0.25) is 4.90 Å². The number of morpholine rings is 1. The maximum Gasteiger partial charge on any atom is 0.0594 e. The average Bonchev–Trinajstić information content (AvgIpc) is 2.40. The first-order valence-corrected chi connectivity index (χ1v) is 6.69. The molecule has 1 aromatic rings. The minimum atomic E-state index is 0.659. The van der Waals surface area contributed by atoms with Crippen LogP contribution in [0.25, 0.3) is 0 Å². The molecule has 94 valence electrons. The number of benzene rings is 1. The normalized spacial score (nSPS) is 19.2. The summed E-state index contributed by atoms with van der Waals surface area (Å²) in [7, 11) is 0. The Labute approximate surface area is 105 Å². The van der Waals surface area contributed by atoms with Crippen LogP contribution in [0.3, 0.4) is 0 Å². The van der Waals surface area contributed by atoms with E-state index in [-0.39, 0.29) is 0 Å². The lowest BCUT2D eigenvalue weighted by atomic mass is 9.93. The molecule has 0 bridgehead atoms. The smallest absolute Gasteiger partial charge is 0.0594 e. The Bertz CT molecular complexity index is 345. The topological polar surface area (TPSA) is 12.5 Å². The summed E-state index contributed by atoms with van der Waals surface area (Å²) in [5, 5.41) is 0. The fourth-order valence-electron chi connectivity index (χ4n) is 2.38. The third-order valence-electron chi connectivity index (χ3n) is 3.70. The van der Waals surface area contributed by atoms with Gasteiger partial charge in [0.05, 0.1) is 13.2 Å². The molecule has 1 atom stereocenters. The lowest BCUT2D eigenvalue weighted by Gasteiger charge is -2.28. The van der Waals surface area contributed by atoms with E-state index in [4.69, 9.17) is 4.74 Å². The van der Waals surface area contributed by atoms with Crippen molar-refractivity contribution in [3.8, 4) is 0 Å². The summed E-state index contributed by atoms with van der Waals surface area (Å²) in [6.07, 6.45) is 1.21. The molecule has 1 unspecified atom stereocenters. The summed E-state index contributed by atoms with van der Waals surface area (Å²) < 4.78 is 5.39. The van der Waals surface area contributed by atoms with Gasteiger partial charge in [0.2, 0.25) is 0 Å². The molecule has 1 fully saturated rings. The van der Waals surface area contributed by atoms with Crippen LogP contribution < -0.4 is 0 Å². The molecule has 2 heteroatoms. The molecule has 0 radical (unpaired) electrons. The first kappa shape index (κ1) is 12.6. The van der Waals surface area contributed by atoms with Crippen molar-refractivity contribution in [1.29, 1.82) is 0 Å². The molecule has 0 saturated carbocycles. The fourth-order valence-corrected chi connectivity index (χ4v) is 2.38. The molecular formula is C15H23NO. The molecule has 0 spiro atoms. The van der Waals surface area contributed by atoms with Crippen molar-refractivity contribution in [2.24, 2.45) is 0 Å². The predicted octanol–water partition coefficient (Wildman–Crippen LogP) is 3.03. The molecule has 1 aromatic carbocycles. The van der Waals surface area contributed by atoms with Gasteiger partial charge in [0.1, 0.15) is 0 Å². The van der Waals surface area contributed by atoms with E-state index in [0.717, 1.165) is 32.8 Å². The lowest BCUT2D eigenvalue weighted by molar-refractivity contribution is 0.0340. The van der Waals surface area contributed by atoms with E-state index >= 15 is 0 Å². The van der Waals surface area contributed by atoms with Gasteiger partial charge < -0.3 is 4.74 Å². The standard InChI is InChI=1S/C15H23NO/c1-3-13(2)15-7-5-4-6-14(15)12-16-8-10-17-11-9-16/h4-7,13H,3,8-12H2,1-2H3. The van der Waals surface area contributed by atoms with Gasteiger partial charge in [-0.25, -0.2) is 0 Å². The van der Waals surface area contributed by atoms with Crippen molar-refractivity contribution in [1.82, 2.24) is 4.90 Å². The van der Waals surface area contributed by atoms with Gasteiger partial charge in [-0.2, -0.15) is 0 Å². The van der Waals surface area contributed by atoms with Crippen molar-refractivity contribution in [2.45, 2.75) is 32.7 Å². The van der Waals surface area contributed by atoms with E-state index in [9.17, 15) is 0 Å². The first-order chi connectivity index (χ1) is 8.31. The molecular weight excluding hydrogens is 210 g/mol. The molecule has 1 heterocycles. The van der Waals surface area contributed by atoms with Gasteiger partial charge in [-0.1, -0.05) is 38.1 Å². The second-order valence-corrected chi connectivity index (χ2v) is 4.90. The van der Waals surface area contributed by atoms with E-state index in [2.05, 4.69) is 43.0 Å². The Morgan fingerprint density at radius 3 is 2.65 bits per heavy atom. The SMILES string of the molecule is CCC(C)c1ccccc1CN1CCOCC1. The van der Waals surface area contributed by atoms with Crippen molar-refractivity contribution < 1.29 is 4.74 Å². The number of hydrogen-bond donors (Lipinski definition) is 0. The maximum absolute atomic E-state index is 5.39. The minimum Gasteiger partial charge on any atom is -0.379 e. The summed E-state index contributed by atoms with van der Waals surface area (Å²) in [6, 6.07) is 8.87. The van der Waals surface area contributed by atoms with Crippen LogP contribution in [0, 0.1) is 0 Å². The largest absolute Gasteiger partial charge is 0.379 e. The zero-order chi connectivity index (χ0) is 12.1. The zero-order valence-corrected chi connectivity index (χ0v) is 11.0. The fraction of sp³-hybridized carbons (Fsp3) is 0.600. The molecule has 0 amide bonds. The van der Waals surface area contributed by atoms with E-state index < -0.39 is 0 Å². The van der Waals surface area contributed by atoms with Gasteiger partial charge in [0.15, 0.2) is 0 Å². The van der Waals surface area contributed by atoms with Gasteiger partial charge in [-0.15, -0.1) is 0 Å². The number of rotatable bonds is 4. The Morgan fingerprint density at radius 1 is 1.24 bits per heavy atom. The Kier molecular flexibility index (Phi) is 4.57. The van der Waals surface area contributed by atoms with E-state index in [0.29, 0.717) is 5.92 Å². The molecule has 1 saturated heterocycles. The molecule has 1 aliphatic heterocycles. The van der Waals surface area contributed by atoms with Gasteiger partial charge in [-0.05, 0) is 23.5 Å². The molecule has 17 heavy (non-hydrogen) atoms. The van der Waals surface area contributed by atoms with E-state index in [1.807, 2.05) is 0 Å². The summed E-state index contributed by atoms with van der Waals surface area (Å²) in [5.74, 6) is 0.659. The first-order valence-electron chi connectivity index (χ1n) is 6.69. The van der Waals surface area contributed by atoms with E-state index in [1.54, 1.807) is 0 Å². The monoisotopic (exact) mass is 233 g/mol. The van der Waals surface area contributed by atoms with Crippen LogP contribution in [0.4, 0.5) is 0 Å². The Morgan fingerprint density at radius 2 is 1.94 bits per heavy atom. The lowest BCUT2D eigenvalue weighted by Crippen LogP contribution is -2.35. The van der Waals surface area contributed by atoms with Gasteiger partial charge >= 0.3 is 0 Å². The average molecular weight is 233 g/mol. The van der Waals surface area contributed by atoms with Crippen molar-refractivity contribution >= 4 is 0 Å². The summed E-state index contributed by atoms with van der Waals surface area (Å²) >= 11 is 0. The molecule has 0 N–H and O–H groups in total. The van der Waals surface area contributed by atoms with Crippen LogP contribution in [0.2, 0.25) is 0 Å². The summed E-state index contributed by atoms with van der Waals surface area (Å²) in [6.45, 7) is 9.54. The Balaban J connectivity index is 2.08. The summed E-state index contributed by atoms with van der Waals surface area (Å²) in [4.78, 5) is 2.49. The molecule has 1 aliphatic rings.